The van der Waals surface area contributed by atoms with Crippen LogP contribution in [0.3, 0.4) is 0 Å². The Kier molecular flexibility index (Phi) is 5.66. The van der Waals surface area contributed by atoms with E-state index in [0.717, 1.165) is 36.8 Å². The summed E-state index contributed by atoms with van der Waals surface area (Å²) in [7, 11) is 0. The van der Waals surface area contributed by atoms with Gasteiger partial charge in [0.05, 0.1) is 6.61 Å². The van der Waals surface area contributed by atoms with Crippen LogP contribution < -0.4 is 0 Å². The van der Waals surface area contributed by atoms with E-state index in [1.54, 1.807) is 0 Å². The van der Waals surface area contributed by atoms with Gasteiger partial charge in [0.1, 0.15) is 5.75 Å². The van der Waals surface area contributed by atoms with Gasteiger partial charge in [-0.1, -0.05) is 38.0 Å². The lowest BCUT2D eigenvalue weighted by Crippen LogP contribution is -2.06. The van der Waals surface area contributed by atoms with Gasteiger partial charge < -0.3 is 10.2 Å². The number of hydrogen-bond donors (Lipinski definition) is 2. The smallest absolute Gasteiger partial charge is 0.119 e. The molecule has 0 saturated carbocycles. The molecule has 1 unspecified atom stereocenters. The number of aliphatic hydroxyl groups excluding tert-OH is 1. The number of phenolic OH excluding ortho intramolecular Hbond substituents is 1. The molecule has 1 aliphatic carbocycles. The van der Waals surface area contributed by atoms with Crippen molar-refractivity contribution in [2.45, 2.75) is 57.8 Å². The largest absolute Gasteiger partial charge is 0.508 e. The van der Waals surface area contributed by atoms with Crippen LogP contribution in [0, 0.1) is 0 Å². The summed E-state index contributed by atoms with van der Waals surface area (Å²) in [4.78, 5) is 0. The van der Waals surface area contributed by atoms with Crippen LogP contribution in [0.25, 0.3) is 0 Å². The molecule has 1 aromatic carbocycles. The van der Waals surface area contributed by atoms with Crippen LogP contribution in [0.5, 0.6) is 5.75 Å². The monoisotopic (exact) mass is 274 g/mol. The van der Waals surface area contributed by atoms with E-state index in [0.29, 0.717) is 5.75 Å². The molecule has 20 heavy (non-hydrogen) atoms. The van der Waals surface area contributed by atoms with Crippen molar-refractivity contribution in [3.63, 3.8) is 0 Å². The van der Waals surface area contributed by atoms with Crippen molar-refractivity contribution in [2.75, 3.05) is 6.61 Å². The van der Waals surface area contributed by atoms with E-state index in [4.69, 9.17) is 0 Å². The molecule has 0 heterocycles. The van der Waals surface area contributed by atoms with Gasteiger partial charge >= 0.3 is 0 Å². The topological polar surface area (TPSA) is 40.5 Å². The highest BCUT2D eigenvalue weighted by molar-refractivity contribution is 5.41. The first-order valence-electron chi connectivity index (χ1n) is 7.86. The lowest BCUT2D eigenvalue weighted by molar-refractivity contribution is 0.321. The van der Waals surface area contributed by atoms with Crippen molar-refractivity contribution < 1.29 is 10.2 Å². The molecule has 1 aliphatic rings. The SMILES string of the molecule is CCCCCc1ccc(C2C=C(CO)CCC2)c(O)c1. The molecule has 2 nitrogen and oxygen atoms in total. The number of aromatic hydroxyl groups is 1. The zero-order chi connectivity index (χ0) is 14.4. The standard InChI is InChI=1S/C18H26O2/c1-2-3-4-6-14-9-10-17(18(20)12-14)16-8-5-7-15(11-16)13-19/h9-12,16,19-20H,2-8,13H2,1H3. The number of phenols is 1. The van der Waals surface area contributed by atoms with E-state index in [9.17, 15) is 10.2 Å². The minimum atomic E-state index is 0.145. The first-order valence-corrected chi connectivity index (χ1v) is 7.86. The number of aryl methyl sites for hydroxylation is 1. The van der Waals surface area contributed by atoms with Gasteiger partial charge in [-0.2, -0.15) is 0 Å². The number of benzene rings is 1. The summed E-state index contributed by atoms with van der Waals surface area (Å²) in [6.07, 6.45) is 9.98. The molecule has 0 aliphatic heterocycles. The Labute approximate surface area is 122 Å². The molecular weight excluding hydrogens is 248 g/mol. The first kappa shape index (κ1) is 15.1. The predicted octanol–water partition coefficient (Wildman–Crippen LogP) is 4.31. The molecule has 0 saturated heterocycles. The Balaban J connectivity index is 2.09. The zero-order valence-corrected chi connectivity index (χ0v) is 12.4. The lowest BCUT2D eigenvalue weighted by atomic mass is 9.85. The van der Waals surface area contributed by atoms with Gasteiger partial charge in [0, 0.05) is 11.5 Å². The minimum absolute atomic E-state index is 0.145. The van der Waals surface area contributed by atoms with Crippen LogP contribution in [-0.2, 0) is 6.42 Å². The molecule has 0 radical (unpaired) electrons. The Bertz CT molecular complexity index is 462. The van der Waals surface area contributed by atoms with Crippen molar-refractivity contribution in [3.8, 4) is 5.75 Å². The molecule has 110 valence electrons. The van der Waals surface area contributed by atoms with Crippen LogP contribution in [-0.4, -0.2) is 16.8 Å². The van der Waals surface area contributed by atoms with Crippen molar-refractivity contribution in [1.82, 2.24) is 0 Å². The third kappa shape index (κ3) is 3.86. The van der Waals surface area contributed by atoms with E-state index in [2.05, 4.69) is 25.1 Å². The third-order valence-corrected chi connectivity index (χ3v) is 4.22. The van der Waals surface area contributed by atoms with Crippen molar-refractivity contribution in [2.24, 2.45) is 0 Å². The maximum atomic E-state index is 10.3. The van der Waals surface area contributed by atoms with E-state index in [1.807, 2.05) is 6.07 Å². The number of unbranched alkanes of at least 4 members (excludes halogenated alkanes) is 2. The van der Waals surface area contributed by atoms with Crippen molar-refractivity contribution in [3.05, 3.63) is 41.0 Å². The summed E-state index contributed by atoms with van der Waals surface area (Å²) in [6, 6.07) is 6.13. The second kappa shape index (κ2) is 7.49. The minimum Gasteiger partial charge on any atom is -0.508 e. The molecular formula is C18H26O2. The van der Waals surface area contributed by atoms with Crippen molar-refractivity contribution >= 4 is 0 Å². The fraction of sp³-hybridized carbons (Fsp3) is 0.556. The molecule has 0 amide bonds. The van der Waals surface area contributed by atoms with Gasteiger partial charge in [-0.15, -0.1) is 0 Å². The van der Waals surface area contributed by atoms with Crippen LogP contribution in [0.4, 0.5) is 0 Å². The summed E-state index contributed by atoms with van der Waals surface area (Å²) in [5.74, 6) is 0.676. The fourth-order valence-electron chi connectivity index (χ4n) is 3.01. The van der Waals surface area contributed by atoms with Crippen molar-refractivity contribution in [1.29, 1.82) is 0 Å². The molecule has 0 aromatic heterocycles. The van der Waals surface area contributed by atoms with Crippen LogP contribution >= 0.6 is 0 Å². The molecule has 2 heteroatoms. The Morgan fingerprint density at radius 3 is 2.80 bits per heavy atom. The average molecular weight is 274 g/mol. The maximum Gasteiger partial charge on any atom is 0.119 e. The van der Waals surface area contributed by atoms with Crippen LogP contribution in [0.15, 0.2) is 29.8 Å². The summed E-state index contributed by atoms with van der Waals surface area (Å²) < 4.78 is 0. The molecule has 2 N–H and O–H groups in total. The van der Waals surface area contributed by atoms with E-state index in [1.165, 1.54) is 24.8 Å². The van der Waals surface area contributed by atoms with Gasteiger partial charge in [0.25, 0.3) is 0 Å². The third-order valence-electron chi connectivity index (χ3n) is 4.22. The first-order chi connectivity index (χ1) is 9.74. The highest BCUT2D eigenvalue weighted by atomic mass is 16.3. The van der Waals surface area contributed by atoms with Crippen LogP contribution in [0.1, 0.15) is 62.5 Å². The van der Waals surface area contributed by atoms with Gasteiger partial charge in [-0.3, -0.25) is 0 Å². The van der Waals surface area contributed by atoms with Gasteiger partial charge in [0.2, 0.25) is 0 Å². The maximum absolute atomic E-state index is 10.3. The highest BCUT2D eigenvalue weighted by Gasteiger charge is 2.18. The van der Waals surface area contributed by atoms with E-state index >= 15 is 0 Å². The second-order valence-corrected chi connectivity index (χ2v) is 5.83. The Morgan fingerprint density at radius 1 is 1.25 bits per heavy atom. The van der Waals surface area contributed by atoms with Crippen LogP contribution in [0.2, 0.25) is 0 Å². The van der Waals surface area contributed by atoms with Gasteiger partial charge in [-0.25, -0.2) is 0 Å². The van der Waals surface area contributed by atoms with Gasteiger partial charge in [-0.05, 0) is 49.3 Å². The number of rotatable bonds is 6. The second-order valence-electron chi connectivity index (χ2n) is 5.83. The number of aliphatic hydroxyl groups is 1. The molecule has 0 fully saturated rings. The molecule has 2 rings (SSSR count). The quantitative estimate of drug-likeness (QED) is 0.599. The fourth-order valence-corrected chi connectivity index (χ4v) is 3.01. The number of allylic oxidation sites excluding steroid dienone is 1. The highest BCUT2D eigenvalue weighted by Crippen LogP contribution is 2.36. The predicted molar refractivity (Wildman–Crippen MR) is 83.1 cm³/mol. The lowest BCUT2D eigenvalue weighted by Gasteiger charge is -2.21. The summed E-state index contributed by atoms with van der Waals surface area (Å²) >= 11 is 0. The molecule has 1 atom stereocenters. The summed E-state index contributed by atoms with van der Waals surface area (Å²) in [5.41, 5.74) is 3.34. The van der Waals surface area contributed by atoms with Gasteiger partial charge in [0.15, 0.2) is 0 Å². The Morgan fingerprint density at radius 2 is 2.10 bits per heavy atom. The summed E-state index contributed by atoms with van der Waals surface area (Å²) in [6.45, 7) is 2.35. The summed E-state index contributed by atoms with van der Waals surface area (Å²) in [5, 5.41) is 19.5. The van der Waals surface area contributed by atoms with E-state index in [-0.39, 0.29) is 12.5 Å². The molecule has 0 bridgehead atoms. The Hall–Kier alpha value is -1.28. The molecule has 1 aromatic rings. The normalized spacial score (nSPS) is 18.9. The van der Waals surface area contributed by atoms with E-state index < -0.39 is 0 Å². The number of hydrogen-bond acceptors (Lipinski definition) is 2. The molecule has 0 spiro atoms. The average Bonchev–Trinajstić information content (AvgIpc) is 2.48. The zero-order valence-electron chi connectivity index (χ0n) is 12.4.